The smallest absolute Gasteiger partial charge is 0.243 e. The molecule has 0 spiro atoms. The minimum absolute atomic E-state index is 0.389. The first-order chi connectivity index (χ1) is 9.01. The highest BCUT2D eigenvalue weighted by molar-refractivity contribution is 5.44. The zero-order chi connectivity index (χ0) is 14.0. The van der Waals surface area contributed by atoms with Crippen LogP contribution in [-0.4, -0.2) is 66.7 Å². The summed E-state index contributed by atoms with van der Waals surface area (Å²) in [5.74, 6) is 7.08. The molecule has 0 amide bonds. The summed E-state index contributed by atoms with van der Waals surface area (Å²) in [6, 6.07) is 0.475. The second kappa shape index (κ2) is 5.54. The molecule has 106 valence electrons. The summed E-state index contributed by atoms with van der Waals surface area (Å²) < 4.78 is 0. The summed E-state index contributed by atoms with van der Waals surface area (Å²) in [6.45, 7) is 5.00. The minimum atomic E-state index is 0.389. The van der Waals surface area contributed by atoms with Gasteiger partial charge in [-0.05, 0) is 14.0 Å². The molecule has 1 saturated heterocycles. The molecule has 3 N–H and O–H groups in total. The molecule has 1 aliphatic heterocycles. The Labute approximate surface area is 113 Å². The number of rotatable bonds is 3. The van der Waals surface area contributed by atoms with Gasteiger partial charge in [-0.1, -0.05) is 0 Å². The van der Waals surface area contributed by atoms with E-state index in [0.29, 0.717) is 23.9 Å². The van der Waals surface area contributed by atoms with Crippen LogP contribution >= 0.6 is 0 Å². The molecule has 2 heterocycles. The fourth-order valence-electron chi connectivity index (χ4n) is 1.99. The van der Waals surface area contributed by atoms with Gasteiger partial charge in [0.15, 0.2) is 0 Å². The first kappa shape index (κ1) is 13.8. The maximum atomic E-state index is 5.42. The Morgan fingerprint density at radius 2 is 2.00 bits per heavy atom. The second-order valence-electron chi connectivity index (χ2n) is 5.07. The molecule has 1 aliphatic rings. The van der Waals surface area contributed by atoms with Crippen LogP contribution in [0.5, 0.6) is 0 Å². The predicted molar refractivity (Wildman–Crippen MR) is 76.3 cm³/mol. The van der Waals surface area contributed by atoms with E-state index in [0.717, 1.165) is 19.6 Å². The van der Waals surface area contributed by atoms with Crippen LogP contribution in [0.1, 0.15) is 6.92 Å². The highest BCUT2D eigenvalue weighted by Gasteiger charge is 2.23. The number of hydrogen-bond acceptors (Lipinski definition) is 8. The van der Waals surface area contributed by atoms with Crippen LogP contribution in [0.15, 0.2) is 0 Å². The average Bonchev–Trinajstić information content (AvgIpc) is 2.41. The number of piperazine rings is 1. The summed E-state index contributed by atoms with van der Waals surface area (Å²) in [7, 11) is 5.92. The Morgan fingerprint density at radius 1 is 1.26 bits per heavy atom. The zero-order valence-corrected chi connectivity index (χ0v) is 12.0. The van der Waals surface area contributed by atoms with Gasteiger partial charge in [-0.15, -0.1) is 0 Å². The highest BCUT2D eigenvalue weighted by atomic mass is 15.4. The third kappa shape index (κ3) is 3.02. The number of likely N-dealkylation sites (N-methyl/N-ethyl adjacent to an activating group) is 1. The number of nitrogen functional groups attached to an aromatic ring is 1. The molecule has 0 aliphatic carbocycles. The topological polar surface area (TPSA) is 86.4 Å². The zero-order valence-electron chi connectivity index (χ0n) is 12.0. The summed E-state index contributed by atoms with van der Waals surface area (Å²) in [6.07, 6.45) is 0. The quantitative estimate of drug-likeness (QED) is 0.552. The molecule has 0 bridgehead atoms. The van der Waals surface area contributed by atoms with Crippen LogP contribution in [0.25, 0.3) is 0 Å². The number of nitrogens with one attached hydrogen (secondary N) is 1. The molecular weight excluding hydrogens is 244 g/mol. The first-order valence-electron chi connectivity index (χ1n) is 6.36. The second-order valence-corrected chi connectivity index (χ2v) is 5.07. The van der Waals surface area contributed by atoms with Crippen LogP contribution in [0.2, 0.25) is 0 Å². The van der Waals surface area contributed by atoms with E-state index in [-0.39, 0.29) is 0 Å². The molecule has 8 heteroatoms. The SMILES string of the molecule is CC1CN(c2nc(NN)nc(N(C)C)n2)CCN1C. The van der Waals surface area contributed by atoms with Crippen LogP contribution in [-0.2, 0) is 0 Å². The lowest BCUT2D eigenvalue weighted by Gasteiger charge is -2.37. The van der Waals surface area contributed by atoms with Crippen molar-refractivity contribution in [2.24, 2.45) is 5.84 Å². The molecule has 1 aromatic rings. The molecule has 1 atom stereocenters. The molecule has 8 nitrogen and oxygen atoms in total. The van der Waals surface area contributed by atoms with Crippen molar-refractivity contribution >= 4 is 17.8 Å². The number of anilines is 3. The number of nitrogens with zero attached hydrogens (tertiary/aromatic N) is 6. The van der Waals surface area contributed by atoms with Gasteiger partial charge in [0.25, 0.3) is 0 Å². The fourth-order valence-corrected chi connectivity index (χ4v) is 1.99. The third-order valence-electron chi connectivity index (χ3n) is 3.38. The molecule has 0 aromatic carbocycles. The van der Waals surface area contributed by atoms with Crippen LogP contribution in [0.4, 0.5) is 17.8 Å². The van der Waals surface area contributed by atoms with Crippen molar-refractivity contribution in [2.75, 3.05) is 56.0 Å². The van der Waals surface area contributed by atoms with Crippen molar-refractivity contribution in [3.8, 4) is 0 Å². The van der Waals surface area contributed by atoms with Gasteiger partial charge in [0.2, 0.25) is 17.8 Å². The fraction of sp³-hybridized carbons (Fsp3) is 0.727. The standard InChI is InChI=1S/C11H22N8/c1-8-7-19(6-5-18(8)4)11-14-9(16-12)13-10(15-11)17(2)3/h8H,5-7,12H2,1-4H3,(H,13,14,15,16). The Balaban J connectivity index is 2.26. The van der Waals surface area contributed by atoms with Crippen molar-refractivity contribution in [2.45, 2.75) is 13.0 Å². The predicted octanol–water partition coefficient (Wildman–Crippen LogP) is -0.636. The first-order valence-corrected chi connectivity index (χ1v) is 6.36. The minimum Gasteiger partial charge on any atom is -0.347 e. The van der Waals surface area contributed by atoms with Gasteiger partial charge in [-0.2, -0.15) is 15.0 Å². The molecule has 0 saturated carbocycles. The van der Waals surface area contributed by atoms with Gasteiger partial charge in [-0.3, -0.25) is 5.43 Å². The lowest BCUT2D eigenvalue weighted by atomic mass is 10.2. The van der Waals surface area contributed by atoms with Crippen molar-refractivity contribution in [3.63, 3.8) is 0 Å². The molecule has 2 rings (SSSR count). The molecule has 1 fully saturated rings. The van der Waals surface area contributed by atoms with Crippen LogP contribution in [0, 0.1) is 0 Å². The van der Waals surface area contributed by atoms with Gasteiger partial charge in [-0.25, -0.2) is 5.84 Å². The number of nitrogens with two attached hydrogens (primary N) is 1. The summed E-state index contributed by atoms with van der Waals surface area (Å²) >= 11 is 0. The molecule has 1 aromatic heterocycles. The Hall–Kier alpha value is -1.67. The Kier molecular flexibility index (Phi) is 4.01. The largest absolute Gasteiger partial charge is 0.347 e. The number of aromatic nitrogens is 3. The van der Waals surface area contributed by atoms with Crippen LogP contribution < -0.4 is 21.1 Å². The van der Waals surface area contributed by atoms with Crippen molar-refractivity contribution in [3.05, 3.63) is 0 Å². The highest BCUT2D eigenvalue weighted by Crippen LogP contribution is 2.17. The normalized spacial score (nSPS) is 20.5. The molecular formula is C11H22N8. The molecule has 19 heavy (non-hydrogen) atoms. The van der Waals surface area contributed by atoms with E-state index < -0.39 is 0 Å². The van der Waals surface area contributed by atoms with Gasteiger partial charge in [0.05, 0.1) is 0 Å². The van der Waals surface area contributed by atoms with Crippen molar-refractivity contribution in [1.29, 1.82) is 0 Å². The summed E-state index contributed by atoms with van der Waals surface area (Å²) in [5, 5.41) is 0. The van der Waals surface area contributed by atoms with Crippen molar-refractivity contribution in [1.82, 2.24) is 19.9 Å². The van der Waals surface area contributed by atoms with Gasteiger partial charge < -0.3 is 14.7 Å². The average molecular weight is 266 g/mol. The summed E-state index contributed by atoms with van der Waals surface area (Å²) in [4.78, 5) is 19.4. The van der Waals surface area contributed by atoms with E-state index in [4.69, 9.17) is 5.84 Å². The van der Waals surface area contributed by atoms with Crippen LogP contribution in [0.3, 0.4) is 0 Å². The summed E-state index contributed by atoms with van der Waals surface area (Å²) in [5.41, 5.74) is 2.50. The number of hydrogen-bond donors (Lipinski definition) is 2. The lowest BCUT2D eigenvalue weighted by molar-refractivity contribution is 0.233. The Bertz CT molecular complexity index is 435. The van der Waals surface area contributed by atoms with E-state index in [1.165, 1.54) is 0 Å². The maximum Gasteiger partial charge on any atom is 0.243 e. The molecule has 1 unspecified atom stereocenters. The van der Waals surface area contributed by atoms with E-state index >= 15 is 0 Å². The third-order valence-corrected chi connectivity index (χ3v) is 3.38. The van der Waals surface area contributed by atoms with Gasteiger partial charge >= 0.3 is 0 Å². The molecule has 0 radical (unpaired) electrons. The van der Waals surface area contributed by atoms with E-state index in [2.05, 4.69) is 44.1 Å². The van der Waals surface area contributed by atoms with Crippen molar-refractivity contribution < 1.29 is 0 Å². The van der Waals surface area contributed by atoms with E-state index in [9.17, 15) is 0 Å². The number of hydrazine groups is 1. The maximum absolute atomic E-state index is 5.42. The van der Waals surface area contributed by atoms with E-state index in [1.807, 2.05) is 19.0 Å². The lowest BCUT2D eigenvalue weighted by Crippen LogP contribution is -2.50. The monoisotopic (exact) mass is 266 g/mol. The van der Waals surface area contributed by atoms with Gasteiger partial charge in [0.1, 0.15) is 0 Å². The van der Waals surface area contributed by atoms with Gasteiger partial charge in [0, 0.05) is 39.8 Å². The Morgan fingerprint density at radius 3 is 2.58 bits per heavy atom. The van der Waals surface area contributed by atoms with E-state index in [1.54, 1.807) is 0 Å².